The van der Waals surface area contributed by atoms with E-state index in [9.17, 15) is 4.79 Å². The second-order valence-electron chi connectivity index (χ2n) is 5.38. The summed E-state index contributed by atoms with van der Waals surface area (Å²) >= 11 is 1.44. The van der Waals surface area contributed by atoms with Crippen molar-refractivity contribution in [2.24, 2.45) is 5.73 Å². The van der Waals surface area contributed by atoms with E-state index < -0.39 is 5.91 Å². The zero-order chi connectivity index (χ0) is 16.5. The summed E-state index contributed by atoms with van der Waals surface area (Å²) in [5.74, 6) is 0.862. The number of hydrogen-bond donors (Lipinski definition) is 2. The minimum Gasteiger partial charge on any atom is -0.480 e. The minimum atomic E-state index is -0.435. The fourth-order valence-electron chi connectivity index (χ4n) is 2.52. The molecule has 0 bridgehead atoms. The van der Waals surface area contributed by atoms with Gasteiger partial charge in [0.05, 0.1) is 12.1 Å². The van der Waals surface area contributed by atoms with Crippen molar-refractivity contribution in [3.05, 3.63) is 57.6 Å². The standard InChI is InChI=1S/C16H14N4O3S/c17-14(21)10-5-11(24-8-10)7-18-16-20-19-15(23-16)13-6-9-3-1-2-4-12(9)22-13/h1-5,8,13H,6-7H2,(H2,17,21)(H,18,20). The van der Waals surface area contributed by atoms with Crippen LogP contribution < -0.4 is 15.8 Å². The van der Waals surface area contributed by atoms with Crippen molar-refractivity contribution in [3.63, 3.8) is 0 Å². The zero-order valence-corrected chi connectivity index (χ0v) is 13.4. The Hall–Kier alpha value is -2.87. The molecule has 3 aromatic rings. The van der Waals surface area contributed by atoms with Crippen LogP contribution in [-0.4, -0.2) is 16.1 Å². The number of nitrogens with zero attached hydrogens (tertiary/aromatic N) is 2. The number of carbonyl (C=O) groups excluding carboxylic acids is 1. The smallest absolute Gasteiger partial charge is 0.315 e. The molecule has 0 radical (unpaired) electrons. The van der Waals surface area contributed by atoms with Crippen molar-refractivity contribution in [1.82, 2.24) is 10.2 Å². The molecule has 3 N–H and O–H groups in total. The number of thiophene rings is 1. The van der Waals surface area contributed by atoms with Gasteiger partial charge in [-0.25, -0.2) is 0 Å². The van der Waals surface area contributed by atoms with Crippen molar-refractivity contribution < 1.29 is 13.9 Å². The lowest BCUT2D eigenvalue weighted by Gasteiger charge is -2.04. The Morgan fingerprint density at radius 1 is 1.38 bits per heavy atom. The molecule has 7 nitrogen and oxygen atoms in total. The lowest BCUT2D eigenvalue weighted by molar-refractivity contribution is 0.100. The number of anilines is 1. The van der Waals surface area contributed by atoms with Crippen LogP contribution in [0.1, 0.15) is 32.8 Å². The molecular weight excluding hydrogens is 328 g/mol. The van der Waals surface area contributed by atoms with Crippen molar-refractivity contribution >= 4 is 23.3 Å². The van der Waals surface area contributed by atoms with Crippen LogP contribution in [0.5, 0.6) is 5.75 Å². The number of ether oxygens (including phenoxy) is 1. The van der Waals surface area contributed by atoms with Gasteiger partial charge in [0.1, 0.15) is 5.75 Å². The van der Waals surface area contributed by atoms with E-state index >= 15 is 0 Å². The number of benzene rings is 1. The van der Waals surface area contributed by atoms with Crippen molar-refractivity contribution in [2.75, 3.05) is 5.32 Å². The zero-order valence-electron chi connectivity index (χ0n) is 12.6. The van der Waals surface area contributed by atoms with E-state index in [1.54, 1.807) is 11.4 Å². The number of carbonyl (C=O) groups is 1. The number of hydrogen-bond acceptors (Lipinski definition) is 7. The molecular formula is C16H14N4O3S. The average Bonchev–Trinajstić information content (AvgIpc) is 3.30. The number of amides is 1. The third-order valence-electron chi connectivity index (χ3n) is 3.72. The molecule has 0 spiro atoms. The summed E-state index contributed by atoms with van der Waals surface area (Å²) in [6.07, 6.45) is 0.457. The van der Waals surface area contributed by atoms with Gasteiger partial charge in [-0.1, -0.05) is 23.3 Å². The summed E-state index contributed by atoms with van der Waals surface area (Å²) in [4.78, 5) is 12.0. The predicted molar refractivity (Wildman–Crippen MR) is 88.0 cm³/mol. The fourth-order valence-corrected chi connectivity index (χ4v) is 3.33. The lowest BCUT2D eigenvalue weighted by atomic mass is 10.1. The van der Waals surface area contributed by atoms with Gasteiger partial charge in [-0.2, -0.15) is 0 Å². The van der Waals surface area contributed by atoms with Crippen LogP contribution in [-0.2, 0) is 13.0 Å². The van der Waals surface area contributed by atoms with Crippen molar-refractivity contribution in [2.45, 2.75) is 19.1 Å². The molecule has 1 aliphatic rings. The van der Waals surface area contributed by atoms with E-state index in [1.165, 1.54) is 11.3 Å². The van der Waals surface area contributed by atoms with Gasteiger partial charge in [0.25, 0.3) is 5.89 Å². The first-order chi connectivity index (χ1) is 11.7. The van der Waals surface area contributed by atoms with Crippen LogP contribution in [0.4, 0.5) is 6.01 Å². The third kappa shape index (κ3) is 2.83. The van der Waals surface area contributed by atoms with Crippen LogP contribution >= 0.6 is 11.3 Å². The Morgan fingerprint density at radius 3 is 3.04 bits per heavy atom. The Bertz CT molecular complexity index is 864. The average molecular weight is 342 g/mol. The number of nitrogens with one attached hydrogen (secondary N) is 1. The van der Waals surface area contributed by atoms with Gasteiger partial charge >= 0.3 is 6.01 Å². The van der Waals surface area contributed by atoms with E-state index in [0.29, 0.717) is 30.4 Å². The molecule has 4 rings (SSSR count). The highest BCUT2D eigenvalue weighted by atomic mass is 32.1. The summed E-state index contributed by atoms with van der Waals surface area (Å²) in [5, 5.41) is 12.8. The molecule has 1 unspecified atom stereocenters. The van der Waals surface area contributed by atoms with Gasteiger partial charge < -0.3 is 20.2 Å². The second-order valence-corrected chi connectivity index (χ2v) is 6.38. The van der Waals surface area contributed by atoms with Crippen LogP contribution in [0, 0.1) is 0 Å². The Morgan fingerprint density at radius 2 is 2.25 bits per heavy atom. The number of aromatic nitrogens is 2. The minimum absolute atomic E-state index is 0.256. The molecule has 122 valence electrons. The second kappa shape index (κ2) is 5.97. The molecule has 24 heavy (non-hydrogen) atoms. The quantitative estimate of drug-likeness (QED) is 0.738. The highest BCUT2D eigenvalue weighted by molar-refractivity contribution is 7.10. The first kappa shape index (κ1) is 14.7. The van der Waals surface area contributed by atoms with Gasteiger partial charge in [-0.05, 0) is 17.7 Å². The van der Waals surface area contributed by atoms with Crippen LogP contribution in [0.2, 0.25) is 0 Å². The molecule has 0 fully saturated rings. The number of para-hydroxylation sites is 1. The summed E-state index contributed by atoms with van der Waals surface area (Å²) in [6.45, 7) is 0.478. The van der Waals surface area contributed by atoms with Crippen molar-refractivity contribution in [1.29, 1.82) is 0 Å². The molecule has 0 aliphatic carbocycles. The number of primary amides is 1. The maximum atomic E-state index is 11.1. The molecule has 3 heterocycles. The highest BCUT2D eigenvalue weighted by Crippen LogP contribution is 2.36. The normalized spacial score (nSPS) is 15.8. The molecule has 2 aromatic heterocycles. The van der Waals surface area contributed by atoms with E-state index in [1.807, 2.05) is 24.3 Å². The predicted octanol–water partition coefficient (Wildman–Crippen LogP) is 2.52. The van der Waals surface area contributed by atoms with Gasteiger partial charge in [0.2, 0.25) is 5.91 Å². The third-order valence-corrected chi connectivity index (χ3v) is 4.65. The highest BCUT2D eigenvalue weighted by Gasteiger charge is 2.28. The molecule has 1 aromatic carbocycles. The maximum Gasteiger partial charge on any atom is 0.315 e. The van der Waals surface area contributed by atoms with Gasteiger partial charge in [-0.3, -0.25) is 4.79 Å². The maximum absolute atomic E-state index is 11.1. The summed E-state index contributed by atoms with van der Waals surface area (Å²) < 4.78 is 11.5. The topological polar surface area (TPSA) is 103 Å². The van der Waals surface area contributed by atoms with Crippen molar-refractivity contribution in [3.8, 4) is 5.75 Å². The SMILES string of the molecule is NC(=O)c1csc(CNc2nnc(C3Cc4ccccc4O3)o2)c1. The number of fused-ring (bicyclic) bond motifs is 1. The van der Waals surface area contributed by atoms with E-state index in [-0.39, 0.29) is 6.10 Å². The Balaban J connectivity index is 1.39. The van der Waals surface area contributed by atoms with Crippen LogP contribution in [0.15, 0.2) is 40.1 Å². The summed E-state index contributed by atoms with van der Waals surface area (Å²) in [6, 6.07) is 9.93. The monoisotopic (exact) mass is 342 g/mol. The molecule has 0 saturated carbocycles. The molecule has 1 atom stereocenters. The van der Waals surface area contributed by atoms with Crippen LogP contribution in [0.25, 0.3) is 0 Å². The first-order valence-electron chi connectivity index (χ1n) is 7.38. The molecule has 1 aliphatic heterocycles. The first-order valence-corrected chi connectivity index (χ1v) is 8.26. The van der Waals surface area contributed by atoms with E-state index in [0.717, 1.165) is 16.2 Å². The van der Waals surface area contributed by atoms with Gasteiger partial charge in [0, 0.05) is 16.7 Å². The van der Waals surface area contributed by atoms with E-state index in [2.05, 4.69) is 15.5 Å². The Kier molecular flexibility index (Phi) is 3.66. The molecule has 0 saturated heterocycles. The number of nitrogens with two attached hydrogens (primary N) is 1. The van der Waals surface area contributed by atoms with E-state index in [4.69, 9.17) is 14.9 Å². The van der Waals surface area contributed by atoms with Gasteiger partial charge in [0.15, 0.2) is 6.10 Å². The molecule has 8 heteroatoms. The fraction of sp³-hybridized carbons (Fsp3) is 0.188. The summed E-state index contributed by atoms with van der Waals surface area (Å²) in [5.41, 5.74) is 6.87. The summed E-state index contributed by atoms with van der Waals surface area (Å²) in [7, 11) is 0. The van der Waals surface area contributed by atoms with Gasteiger partial charge in [-0.15, -0.1) is 16.4 Å². The largest absolute Gasteiger partial charge is 0.480 e. The Labute approximate surface area is 141 Å². The number of rotatable bonds is 5. The lowest BCUT2D eigenvalue weighted by Crippen LogP contribution is -2.09. The van der Waals surface area contributed by atoms with Crippen LogP contribution in [0.3, 0.4) is 0 Å². The molecule has 1 amide bonds.